The van der Waals surface area contributed by atoms with E-state index < -0.39 is 18.2 Å². The number of halogens is 3. The van der Waals surface area contributed by atoms with E-state index in [4.69, 9.17) is 15.6 Å². The van der Waals surface area contributed by atoms with Crippen LogP contribution < -0.4 is 5.73 Å². The van der Waals surface area contributed by atoms with Crippen LogP contribution in [-0.4, -0.2) is 49.8 Å². The molecule has 158 valence electrons. The molecule has 30 heavy (non-hydrogen) atoms. The molecule has 3 heterocycles. The molecule has 1 amide bonds. The minimum atomic E-state index is -5.08. The molecular formula is C19H18F3N5O3. The van der Waals surface area contributed by atoms with Crippen LogP contribution in [0.5, 0.6) is 0 Å². The lowest BCUT2D eigenvalue weighted by atomic mass is 9.98. The van der Waals surface area contributed by atoms with Crippen molar-refractivity contribution in [1.29, 1.82) is 0 Å². The first kappa shape index (κ1) is 21.2. The molecule has 0 saturated carbocycles. The second-order valence-electron chi connectivity index (χ2n) is 6.60. The first-order chi connectivity index (χ1) is 14.2. The molecule has 4 N–H and O–H groups in total. The van der Waals surface area contributed by atoms with Crippen LogP contribution in [0.25, 0.3) is 11.0 Å². The number of carbonyl (C=O) groups is 2. The number of alkyl halides is 3. The van der Waals surface area contributed by atoms with Crippen molar-refractivity contribution < 1.29 is 27.9 Å². The molecule has 0 unspecified atom stereocenters. The highest BCUT2D eigenvalue weighted by Crippen LogP contribution is 2.26. The number of hydrogen-bond acceptors (Lipinski definition) is 5. The Labute approximate surface area is 168 Å². The van der Waals surface area contributed by atoms with Gasteiger partial charge in [-0.1, -0.05) is 30.3 Å². The Kier molecular flexibility index (Phi) is 6.01. The smallest absolute Gasteiger partial charge is 0.475 e. The number of nitrogens with one attached hydrogen (secondary N) is 1. The Morgan fingerprint density at radius 1 is 1.20 bits per heavy atom. The summed E-state index contributed by atoms with van der Waals surface area (Å²) in [4.78, 5) is 27.8. The summed E-state index contributed by atoms with van der Waals surface area (Å²) in [5.74, 6) is -2.80. The summed E-state index contributed by atoms with van der Waals surface area (Å²) in [6, 6.07) is 8.86. The van der Waals surface area contributed by atoms with Crippen molar-refractivity contribution in [2.75, 3.05) is 6.54 Å². The molecule has 0 aliphatic carbocycles. The number of nitrogens with zero attached hydrogens (tertiary/aromatic N) is 3. The average molecular weight is 421 g/mol. The maximum Gasteiger partial charge on any atom is 0.490 e. The molecular weight excluding hydrogens is 403 g/mol. The molecule has 11 heteroatoms. The van der Waals surface area contributed by atoms with E-state index in [1.807, 2.05) is 41.4 Å². The Balaban J connectivity index is 0.000000318. The maximum absolute atomic E-state index is 12.7. The summed E-state index contributed by atoms with van der Waals surface area (Å²) in [5.41, 5.74) is 10.1. The SMILES string of the molecule is N[C@H](C(=O)N1CCc2c(cnc3[nH]ncc23)C1)c1ccccc1.O=C(O)C(F)(F)F. The highest BCUT2D eigenvalue weighted by molar-refractivity contribution is 5.84. The third-order valence-corrected chi connectivity index (χ3v) is 4.65. The van der Waals surface area contributed by atoms with E-state index in [0.717, 1.165) is 28.6 Å². The van der Waals surface area contributed by atoms with Gasteiger partial charge in [-0.25, -0.2) is 9.78 Å². The van der Waals surface area contributed by atoms with Gasteiger partial charge in [0.1, 0.15) is 6.04 Å². The predicted octanol–water partition coefficient (Wildman–Crippen LogP) is 2.18. The molecule has 0 radical (unpaired) electrons. The van der Waals surface area contributed by atoms with Gasteiger partial charge in [0.15, 0.2) is 5.65 Å². The van der Waals surface area contributed by atoms with Crippen LogP contribution in [0.15, 0.2) is 42.7 Å². The van der Waals surface area contributed by atoms with E-state index >= 15 is 0 Å². The molecule has 8 nitrogen and oxygen atoms in total. The van der Waals surface area contributed by atoms with Gasteiger partial charge >= 0.3 is 12.1 Å². The third-order valence-electron chi connectivity index (χ3n) is 4.65. The van der Waals surface area contributed by atoms with E-state index in [1.165, 1.54) is 5.56 Å². The van der Waals surface area contributed by atoms with Gasteiger partial charge < -0.3 is 15.7 Å². The zero-order valence-corrected chi connectivity index (χ0v) is 15.6. The quantitative estimate of drug-likeness (QED) is 0.582. The molecule has 1 aliphatic heterocycles. The van der Waals surface area contributed by atoms with Crippen molar-refractivity contribution in [3.8, 4) is 0 Å². The summed E-state index contributed by atoms with van der Waals surface area (Å²) in [6.45, 7) is 1.21. The van der Waals surface area contributed by atoms with Crippen molar-refractivity contribution in [2.45, 2.75) is 25.2 Å². The lowest BCUT2D eigenvalue weighted by Gasteiger charge is -2.31. The minimum absolute atomic E-state index is 0.0471. The van der Waals surface area contributed by atoms with Gasteiger partial charge in [0.05, 0.1) is 6.20 Å². The molecule has 0 saturated heterocycles. The highest BCUT2D eigenvalue weighted by atomic mass is 19.4. The number of carboxylic acids is 1. The van der Waals surface area contributed by atoms with E-state index in [2.05, 4.69) is 15.2 Å². The number of carboxylic acid groups (broad SMARTS) is 1. The fraction of sp³-hybridized carbons (Fsp3) is 0.263. The molecule has 4 rings (SSSR count). The van der Waals surface area contributed by atoms with Crippen LogP contribution >= 0.6 is 0 Å². The second kappa shape index (κ2) is 8.49. The normalized spacial score (nSPS) is 14.5. The number of carbonyl (C=O) groups excluding carboxylic acids is 1. The maximum atomic E-state index is 12.7. The van der Waals surface area contributed by atoms with Gasteiger partial charge in [0.2, 0.25) is 5.91 Å². The van der Waals surface area contributed by atoms with Crippen molar-refractivity contribution in [3.05, 3.63) is 59.4 Å². The largest absolute Gasteiger partial charge is 0.490 e. The van der Waals surface area contributed by atoms with Crippen molar-refractivity contribution in [3.63, 3.8) is 0 Å². The molecule has 2 aromatic heterocycles. The Morgan fingerprint density at radius 3 is 2.50 bits per heavy atom. The first-order valence-corrected chi connectivity index (χ1v) is 8.87. The number of aliphatic carboxylic acids is 1. The first-order valence-electron chi connectivity index (χ1n) is 8.87. The topological polar surface area (TPSA) is 125 Å². The highest BCUT2D eigenvalue weighted by Gasteiger charge is 2.38. The zero-order chi connectivity index (χ0) is 21.9. The van der Waals surface area contributed by atoms with E-state index in [0.29, 0.717) is 13.1 Å². The summed E-state index contributed by atoms with van der Waals surface area (Å²) in [6.07, 6.45) is -0.668. The third kappa shape index (κ3) is 4.57. The summed E-state index contributed by atoms with van der Waals surface area (Å²) >= 11 is 0. The Bertz CT molecular complexity index is 1050. The molecule has 1 atom stereocenters. The van der Waals surface area contributed by atoms with E-state index in [-0.39, 0.29) is 5.91 Å². The van der Waals surface area contributed by atoms with Gasteiger partial charge in [-0.2, -0.15) is 18.3 Å². The summed E-state index contributed by atoms with van der Waals surface area (Å²) in [7, 11) is 0. The van der Waals surface area contributed by atoms with Crippen LogP contribution in [0.2, 0.25) is 0 Å². The molecule has 1 aliphatic rings. The molecule has 3 aromatic rings. The fourth-order valence-corrected chi connectivity index (χ4v) is 3.14. The number of H-pyrrole nitrogens is 1. The zero-order valence-electron chi connectivity index (χ0n) is 15.6. The number of hydrogen-bond donors (Lipinski definition) is 3. The number of benzene rings is 1. The van der Waals surface area contributed by atoms with Crippen LogP contribution in [0, 0.1) is 0 Å². The number of nitrogens with two attached hydrogens (primary N) is 1. The number of pyridine rings is 1. The van der Waals surface area contributed by atoms with Gasteiger partial charge in [0.25, 0.3) is 0 Å². The fourth-order valence-electron chi connectivity index (χ4n) is 3.14. The average Bonchev–Trinajstić information content (AvgIpc) is 3.22. The number of aromatic amines is 1. The van der Waals surface area contributed by atoms with E-state index in [1.54, 1.807) is 6.20 Å². The minimum Gasteiger partial charge on any atom is -0.475 e. The molecule has 0 bridgehead atoms. The van der Waals surface area contributed by atoms with Gasteiger partial charge in [0, 0.05) is 24.7 Å². The second-order valence-corrected chi connectivity index (χ2v) is 6.60. The number of amides is 1. The summed E-state index contributed by atoms with van der Waals surface area (Å²) in [5, 5.41) is 15.1. The van der Waals surface area contributed by atoms with Gasteiger partial charge in [-0.05, 0) is 23.1 Å². The Morgan fingerprint density at radius 2 is 1.87 bits per heavy atom. The number of fused-ring (bicyclic) bond motifs is 3. The lowest BCUT2D eigenvalue weighted by molar-refractivity contribution is -0.192. The standard InChI is InChI=1S/C17H17N5O.C2HF3O2/c18-15(11-4-2-1-3-5-11)17(23)22-7-6-13-12(10-22)8-19-16-14(13)9-20-21-16;3-2(4,5)1(6)7/h1-5,8-9,15H,6-7,10,18H2,(H,19,20,21);(H,6,7)/t15-;/m0./s1. The molecule has 1 aromatic carbocycles. The van der Waals surface area contributed by atoms with Crippen LogP contribution in [0.1, 0.15) is 22.7 Å². The predicted molar refractivity (Wildman–Crippen MR) is 100 cm³/mol. The van der Waals surface area contributed by atoms with Gasteiger partial charge in [-0.3, -0.25) is 9.89 Å². The van der Waals surface area contributed by atoms with E-state index in [9.17, 15) is 18.0 Å². The van der Waals surface area contributed by atoms with Crippen molar-refractivity contribution in [1.82, 2.24) is 20.1 Å². The lowest BCUT2D eigenvalue weighted by Crippen LogP contribution is -2.41. The molecule has 0 spiro atoms. The van der Waals surface area contributed by atoms with Crippen LogP contribution in [0.3, 0.4) is 0 Å². The van der Waals surface area contributed by atoms with Crippen LogP contribution in [-0.2, 0) is 22.6 Å². The molecule has 0 fully saturated rings. The van der Waals surface area contributed by atoms with Gasteiger partial charge in [-0.15, -0.1) is 0 Å². The number of rotatable bonds is 2. The van der Waals surface area contributed by atoms with Crippen molar-refractivity contribution >= 4 is 22.9 Å². The van der Waals surface area contributed by atoms with Crippen LogP contribution in [0.4, 0.5) is 13.2 Å². The number of aromatic nitrogens is 3. The Hall–Kier alpha value is -3.47. The van der Waals surface area contributed by atoms with Crippen molar-refractivity contribution in [2.24, 2.45) is 5.73 Å². The summed E-state index contributed by atoms with van der Waals surface area (Å²) < 4.78 is 31.7. The monoisotopic (exact) mass is 421 g/mol.